The molecule has 0 saturated carbocycles. The molecule has 1 aromatic rings. The minimum atomic E-state index is -3.30. The zero-order valence-electron chi connectivity index (χ0n) is 11.4. The van der Waals surface area contributed by atoms with E-state index in [1.807, 2.05) is 0 Å². The van der Waals surface area contributed by atoms with Gasteiger partial charge in [0.1, 0.15) is 5.37 Å². The van der Waals surface area contributed by atoms with Crippen molar-refractivity contribution in [2.24, 2.45) is 0 Å². The zero-order chi connectivity index (χ0) is 15.6. The van der Waals surface area contributed by atoms with Crippen molar-refractivity contribution in [3.05, 3.63) is 33.3 Å². The van der Waals surface area contributed by atoms with Crippen molar-refractivity contribution in [3.8, 4) is 0 Å². The second-order valence-corrected chi connectivity index (χ2v) is 9.47. The van der Waals surface area contributed by atoms with Gasteiger partial charge in [-0.05, 0) is 34.1 Å². The Hall–Kier alpha value is -0.240. The van der Waals surface area contributed by atoms with Crippen LogP contribution in [0.25, 0.3) is 0 Å². The molecule has 1 fully saturated rings. The molecule has 0 spiro atoms. The van der Waals surface area contributed by atoms with E-state index >= 15 is 0 Å². The van der Waals surface area contributed by atoms with Crippen LogP contribution in [0.5, 0.6) is 0 Å². The highest BCUT2D eigenvalue weighted by molar-refractivity contribution is 9.10. The Labute approximate surface area is 142 Å². The molecule has 1 heterocycles. The lowest BCUT2D eigenvalue weighted by molar-refractivity contribution is 0.0749. The van der Waals surface area contributed by atoms with Crippen LogP contribution < -0.4 is 0 Å². The third kappa shape index (κ3) is 3.75. The largest absolute Gasteiger partial charge is 0.320 e. The fraction of sp³-hybridized carbons (Fsp3) is 0.462. The third-order valence-electron chi connectivity index (χ3n) is 3.33. The van der Waals surface area contributed by atoms with Crippen molar-refractivity contribution >= 4 is 55.0 Å². The van der Waals surface area contributed by atoms with Crippen LogP contribution in [0.15, 0.2) is 22.7 Å². The lowest BCUT2D eigenvalue weighted by Gasteiger charge is -2.34. The van der Waals surface area contributed by atoms with E-state index in [0.29, 0.717) is 27.4 Å². The molecule has 0 bridgehead atoms. The van der Waals surface area contributed by atoms with Crippen molar-refractivity contribution in [3.63, 3.8) is 0 Å². The fourth-order valence-corrected chi connectivity index (χ4v) is 5.49. The van der Waals surface area contributed by atoms with E-state index in [-0.39, 0.29) is 11.7 Å². The van der Waals surface area contributed by atoms with E-state index in [1.165, 1.54) is 4.90 Å². The van der Waals surface area contributed by atoms with E-state index in [4.69, 9.17) is 11.6 Å². The number of halogens is 2. The van der Waals surface area contributed by atoms with Crippen LogP contribution in [0.3, 0.4) is 0 Å². The molecule has 1 amide bonds. The normalized spacial score (nSPS) is 19.6. The van der Waals surface area contributed by atoms with Crippen LogP contribution >= 0.6 is 39.3 Å². The van der Waals surface area contributed by atoms with Gasteiger partial charge in [0.15, 0.2) is 9.84 Å². The van der Waals surface area contributed by atoms with Gasteiger partial charge < -0.3 is 4.90 Å². The summed E-state index contributed by atoms with van der Waals surface area (Å²) in [6.07, 6.45) is 0. The maximum atomic E-state index is 12.6. The maximum absolute atomic E-state index is 12.6. The molecule has 1 atom stereocenters. The Morgan fingerprint density at radius 2 is 2.24 bits per heavy atom. The van der Waals surface area contributed by atoms with Crippen LogP contribution in [0.4, 0.5) is 0 Å². The third-order valence-corrected chi connectivity index (χ3v) is 7.85. The molecule has 0 aromatic heterocycles. The maximum Gasteiger partial charge on any atom is 0.255 e. The van der Waals surface area contributed by atoms with Gasteiger partial charge in [-0.15, -0.1) is 0 Å². The SMILES string of the molecule is CCS(=O)(=O)C1CSCCN1C(=O)c1ccc(Br)c(Cl)c1. The van der Waals surface area contributed by atoms with Gasteiger partial charge in [-0.25, -0.2) is 8.42 Å². The highest BCUT2D eigenvalue weighted by Gasteiger charge is 2.36. The molecule has 116 valence electrons. The summed E-state index contributed by atoms with van der Waals surface area (Å²) in [4.78, 5) is 14.1. The average molecular weight is 413 g/mol. The van der Waals surface area contributed by atoms with E-state index in [0.717, 1.165) is 5.75 Å². The smallest absolute Gasteiger partial charge is 0.255 e. The minimum absolute atomic E-state index is 0.0309. The van der Waals surface area contributed by atoms with E-state index in [2.05, 4.69) is 15.9 Å². The average Bonchev–Trinajstić information content (AvgIpc) is 2.49. The summed E-state index contributed by atoms with van der Waals surface area (Å²) in [5.41, 5.74) is 0.409. The van der Waals surface area contributed by atoms with Crippen molar-refractivity contribution in [1.82, 2.24) is 4.90 Å². The highest BCUT2D eigenvalue weighted by Crippen LogP contribution is 2.27. The van der Waals surface area contributed by atoms with Crippen molar-refractivity contribution < 1.29 is 13.2 Å². The molecular formula is C13H15BrClNO3S2. The van der Waals surface area contributed by atoms with Gasteiger partial charge in [0, 0.05) is 33.8 Å². The number of thioether (sulfide) groups is 1. The summed E-state index contributed by atoms with van der Waals surface area (Å²) in [5.74, 6) is 0.910. The summed E-state index contributed by atoms with van der Waals surface area (Å²) in [7, 11) is -3.30. The Morgan fingerprint density at radius 3 is 2.86 bits per heavy atom. The van der Waals surface area contributed by atoms with Crippen LogP contribution in [0.2, 0.25) is 5.02 Å². The molecule has 0 aliphatic carbocycles. The van der Waals surface area contributed by atoms with Gasteiger partial charge in [0.05, 0.1) is 5.02 Å². The lowest BCUT2D eigenvalue weighted by Crippen LogP contribution is -2.50. The van der Waals surface area contributed by atoms with Gasteiger partial charge in [0.2, 0.25) is 0 Å². The number of amides is 1. The fourth-order valence-electron chi connectivity index (χ4n) is 2.10. The molecule has 2 rings (SSSR count). The monoisotopic (exact) mass is 411 g/mol. The van der Waals surface area contributed by atoms with Gasteiger partial charge in [-0.2, -0.15) is 11.8 Å². The lowest BCUT2D eigenvalue weighted by atomic mass is 10.2. The summed E-state index contributed by atoms with van der Waals surface area (Å²) in [6, 6.07) is 4.90. The molecule has 1 aliphatic rings. The van der Waals surface area contributed by atoms with Crippen LogP contribution in [-0.2, 0) is 9.84 Å². The molecule has 1 aliphatic heterocycles. The Balaban J connectivity index is 2.33. The summed E-state index contributed by atoms with van der Waals surface area (Å²) in [6.45, 7) is 2.04. The number of carbonyl (C=O) groups is 1. The number of hydrogen-bond acceptors (Lipinski definition) is 4. The molecule has 0 N–H and O–H groups in total. The molecule has 4 nitrogen and oxygen atoms in total. The first-order valence-electron chi connectivity index (χ1n) is 6.42. The van der Waals surface area contributed by atoms with Crippen LogP contribution in [-0.4, -0.2) is 48.4 Å². The Bertz CT molecular complexity index is 651. The number of rotatable bonds is 3. The first-order valence-corrected chi connectivity index (χ1v) is 10.5. The topological polar surface area (TPSA) is 54.5 Å². The van der Waals surface area contributed by atoms with Crippen molar-refractivity contribution in [2.75, 3.05) is 23.8 Å². The summed E-state index contributed by atoms with van der Waals surface area (Å²) >= 11 is 10.8. The van der Waals surface area contributed by atoms with E-state index in [9.17, 15) is 13.2 Å². The molecule has 1 saturated heterocycles. The zero-order valence-corrected chi connectivity index (χ0v) is 15.4. The minimum Gasteiger partial charge on any atom is -0.320 e. The van der Waals surface area contributed by atoms with Crippen molar-refractivity contribution in [1.29, 1.82) is 0 Å². The molecular weight excluding hydrogens is 398 g/mol. The molecule has 1 aromatic carbocycles. The van der Waals surface area contributed by atoms with Crippen molar-refractivity contribution in [2.45, 2.75) is 12.3 Å². The van der Waals surface area contributed by atoms with E-state index < -0.39 is 15.2 Å². The van der Waals surface area contributed by atoms with Crippen LogP contribution in [0, 0.1) is 0 Å². The Morgan fingerprint density at radius 1 is 1.52 bits per heavy atom. The molecule has 8 heteroatoms. The van der Waals surface area contributed by atoms with Crippen LogP contribution in [0.1, 0.15) is 17.3 Å². The van der Waals surface area contributed by atoms with Gasteiger partial charge in [0.25, 0.3) is 5.91 Å². The van der Waals surface area contributed by atoms with Gasteiger partial charge >= 0.3 is 0 Å². The number of benzene rings is 1. The Kier molecular flexibility index (Phi) is 5.62. The summed E-state index contributed by atoms with van der Waals surface area (Å²) in [5, 5.41) is -0.321. The standard InChI is InChI=1S/C13H15BrClNO3S2/c1-2-21(18,19)12-8-20-6-5-16(12)13(17)9-3-4-10(14)11(15)7-9/h3-4,7,12H,2,5-6,8H2,1H3. The number of nitrogens with zero attached hydrogens (tertiary/aromatic N) is 1. The second kappa shape index (κ2) is 6.89. The predicted molar refractivity (Wildman–Crippen MR) is 90.8 cm³/mol. The number of sulfone groups is 1. The highest BCUT2D eigenvalue weighted by atomic mass is 79.9. The predicted octanol–water partition coefficient (Wildman–Crippen LogP) is 3.05. The quantitative estimate of drug-likeness (QED) is 0.765. The van der Waals surface area contributed by atoms with Gasteiger partial charge in [-0.1, -0.05) is 18.5 Å². The molecule has 0 radical (unpaired) electrons. The first kappa shape index (κ1) is 17.1. The molecule has 1 unspecified atom stereocenters. The number of carbonyl (C=O) groups excluding carboxylic acids is 1. The van der Waals surface area contributed by atoms with Gasteiger partial charge in [-0.3, -0.25) is 4.79 Å². The first-order chi connectivity index (χ1) is 9.86. The van der Waals surface area contributed by atoms with E-state index in [1.54, 1.807) is 36.9 Å². The second-order valence-electron chi connectivity index (χ2n) is 4.61. The number of hydrogen-bond donors (Lipinski definition) is 0. The molecule has 21 heavy (non-hydrogen) atoms. The summed E-state index contributed by atoms with van der Waals surface area (Å²) < 4.78 is 25.1.